The second-order valence-electron chi connectivity index (χ2n) is 4.32. The van der Waals surface area contributed by atoms with E-state index in [-0.39, 0.29) is 30.4 Å². The molecule has 9 heteroatoms. The van der Waals surface area contributed by atoms with Crippen molar-refractivity contribution in [3.05, 3.63) is 33.9 Å². The lowest BCUT2D eigenvalue weighted by atomic mass is 10.1. The lowest BCUT2D eigenvalue weighted by Crippen LogP contribution is -2.37. The van der Waals surface area contributed by atoms with Crippen molar-refractivity contribution in [3.8, 4) is 0 Å². The van der Waals surface area contributed by atoms with Crippen molar-refractivity contribution < 1.29 is 19.6 Å². The number of hydrogen-bond acceptors (Lipinski definition) is 5. The number of rotatable bonds is 6. The Morgan fingerprint density at radius 2 is 2.00 bits per heavy atom. The molecule has 0 aliphatic rings. The summed E-state index contributed by atoms with van der Waals surface area (Å²) < 4.78 is 0. The van der Waals surface area contributed by atoms with Crippen molar-refractivity contribution in [2.75, 3.05) is 32.5 Å². The predicted molar refractivity (Wildman–Crippen MR) is 75.6 cm³/mol. The number of carboxylic acid groups (broad SMARTS) is 1. The van der Waals surface area contributed by atoms with Gasteiger partial charge in [0.15, 0.2) is 0 Å². The van der Waals surface area contributed by atoms with Crippen LogP contribution in [0.25, 0.3) is 0 Å². The number of nitrogens with one attached hydrogen (secondary N) is 2. The van der Waals surface area contributed by atoms with Crippen LogP contribution in [-0.4, -0.2) is 54.1 Å². The van der Waals surface area contributed by atoms with Gasteiger partial charge < -0.3 is 20.6 Å². The quantitative estimate of drug-likeness (QED) is 0.408. The molecule has 0 saturated heterocycles. The van der Waals surface area contributed by atoms with Crippen molar-refractivity contribution in [2.24, 2.45) is 0 Å². The van der Waals surface area contributed by atoms with Crippen molar-refractivity contribution in [2.45, 2.75) is 0 Å². The molecule has 0 aliphatic carbocycles. The number of amides is 2. The summed E-state index contributed by atoms with van der Waals surface area (Å²) in [6, 6.07) is 3.71. The molecule has 3 N–H and O–H groups in total. The van der Waals surface area contributed by atoms with Gasteiger partial charge in [0.2, 0.25) is 0 Å². The Kier molecular flexibility index (Phi) is 5.47. The summed E-state index contributed by atoms with van der Waals surface area (Å²) >= 11 is 0. The molecule has 0 saturated carbocycles. The van der Waals surface area contributed by atoms with E-state index in [4.69, 9.17) is 5.11 Å². The number of carboxylic acids is 1. The maximum Gasteiger partial charge on any atom is 0.342 e. The van der Waals surface area contributed by atoms with Gasteiger partial charge >= 0.3 is 17.7 Å². The van der Waals surface area contributed by atoms with Crippen molar-refractivity contribution in [1.82, 2.24) is 10.2 Å². The van der Waals surface area contributed by atoms with Crippen LogP contribution in [0.3, 0.4) is 0 Å². The molecule has 0 radical (unpaired) electrons. The van der Waals surface area contributed by atoms with Crippen molar-refractivity contribution in [3.63, 3.8) is 0 Å². The van der Waals surface area contributed by atoms with Crippen LogP contribution in [0.15, 0.2) is 18.2 Å². The van der Waals surface area contributed by atoms with Gasteiger partial charge in [-0.15, -0.1) is 0 Å². The highest BCUT2D eigenvalue weighted by Gasteiger charge is 2.23. The van der Waals surface area contributed by atoms with Crippen LogP contribution in [0.2, 0.25) is 0 Å². The fourth-order valence-electron chi connectivity index (χ4n) is 1.58. The van der Waals surface area contributed by atoms with Crippen LogP contribution in [0.1, 0.15) is 10.4 Å². The highest BCUT2D eigenvalue weighted by molar-refractivity contribution is 5.95. The number of hydrogen-bond donors (Lipinski definition) is 3. The van der Waals surface area contributed by atoms with E-state index in [1.807, 2.05) is 0 Å². The summed E-state index contributed by atoms with van der Waals surface area (Å²) in [5.74, 6) is -1.37. The second-order valence-corrected chi connectivity index (χ2v) is 4.32. The minimum Gasteiger partial charge on any atom is -0.477 e. The number of aromatic carboxylic acids is 1. The van der Waals surface area contributed by atoms with Crippen LogP contribution in [0.5, 0.6) is 0 Å². The Balaban J connectivity index is 2.75. The number of urea groups is 1. The van der Waals surface area contributed by atoms with Gasteiger partial charge in [-0.1, -0.05) is 6.07 Å². The molecule has 0 fully saturated rings. The zero-order valence-electron chi connectivity index (χ0n) is 11.6. The highest BCUT2D eigenvalue weighted by atomic mass is 16.6. The topological polar surface area (TPSA) is 125 Å². The molecule has 0 aliphatic heterocycles. The normalized spacial score (nSPS) is 9.81. The molecule has 114 valence electrons. The SMILES string of the molecule is CN(C)C(=O)NCCNc1cccc(C(=O)O)c1[N+](=O)[O-]. The third-order valence-electron chi connectivity index (χ3n) is 2.57. The Morgan fingerprint density at radius 1 is 1.33 bits per heavy atom. The monoisotopic (exact) mass is 296 g/mol. The van der Waals surface area contributed by atoms with Gasteiger partial charge in [-0.3, -0.25) is 10.1 Å². The van der Waals surface area contributed by atoms with Crippen LogP contribution in [0.4, 0.5) is 16.2 Å². The minimum atomic E-state index is -1.37. The Bertz CT molecular complexity index is 559. The van der Waals surface area contributed by atoms with Gasteiger partial charge in [-0.05, 0) is 12.1 Å². The molecule has 0 unspecified atom stereocenters. The average molecular weight is 296 g/mol. The third kappa shape index (κ3) is 4.34. The first-order valence-electron chi connectivity index (χ1n) is 6.04. The number of carbonyl (C=O) groups is 2. The summed E-state index contributed by atoms with van der Waals surface area (Å²) in [5, 5.41) is 25.3. The first kappa shape index (κ1) is 16.2. The summed E-state index contributed by atoms with van der Waals surface area (Å²) in [7, 11) is 3.17. The zero-order valence-corrected chi connectivity index (χ0v) is 11.6. The summed E-state index contributed by atoms with van der Waals surface area (Å²) in [5.41, 5.74) is -0.787. The molecule has 9 nitrogen and oxygen atoms in total. The van der Waals surface area contributed by atoms with Gasteiger partial charge in [0.1, 0.15) is 11.3 Å². The molecule has 21 heavy (non-hydrogen) atoms. The minimum absolute atomic E-state index is 0.0963. The van der Waals surface area contributed by atoms with E-state index in [1.165, 1.54) is 23.1 Å². The van der Waals surface area contributed by atoms with Crippen molar-refractivity contribution in [1.29, 1.82) is 0 Å². The van der Waals surface area contributed by atoms with E-state index in [0.717, 1.165) is 0 Å². The van der Waals surface area contributed by atoms with E-state index in [0.29, 0.717) is 0 Å². The van der Waals surface area contributed by atoms with Gasteiger partial charge in [-0.2, -0.15) is 0 Å². The number of benzene rings is 1. The molecular weight excluding hydrogens is 280 g/mol. The zero-order chi connectivity index (χ0) is 16.0. The highest BCUT2D eigenvalue weighted by Crippen LogP contribution is 2.28. The summed E-state index contributed by atoms with van der Waals surface area (Å²) in [4.78, 5) is 33.9. The molecule has 0 bridgehead atoms. The molecule has 2 amide bonds. The van der Waals surface area contributed by atoms with E-state index in [9.17, 15) is 19.7 Å². The summed E-state index contributed by atoms with van der Waals surface area (Å²) in [6.07, 6.45) is 0. The van der Waals surface area contributed by atoms with E-state index < -0.39 is 16.6 Å². The molecular formula is C12H16N4O5. The second kappa shape index (κ2) is 7.08. The van der Waals surface area contributed by atoms with Gasteiger partial charge in [-0.25, -0.2) is 9.59 Å². The van der Waals surface area contributed by atoms with Gasteiger partial charge in [0.25, 0.3) is 0 Å². The molecule has 0 atom stereocenters. The molecule has 1 aromatic carbocycles. The van der Waals surface area contributed by atoms with Gasteiger partial charge in [0.05, 0.1) is 4.92 Å². The van der Waals surface area contributed by atoms with E-state index >= 15 is 0 Å². The smallest absolute Gasteiger partial charge is 0.342 e. The Labute approximate surface area is 120 Å². The largest absolute Gasteiger partial charge is 0.477 e. The predicted octanol–water partition coefficient (Wildman–Crippen LogP) is 0.976. The lowest BCUT2D eigenvalue weighted by Gasteiger charge is -2.13. The number of nitro benzene ring substituents is 1. The fourth-order valence-corrected chi connectivity index (χ4v) is 1.58. The molecule has 0 heterocycles. The van der Waals surface area contributed by atoms with E-state index in [1.54, 1.807) is 14.1 Å². The number of anilines is 1. The molecule has 1 rings (SSSR count). The fraction of sp³-hybridized carbons (Fsp3) is 0.333. The number of nitro groups is 1. The first-order chi connectivity index (χ1) is 9.84. The third-order valence-corrected chi connectivity index (χ3v) is 2.57. The lowest BCUT2D eigenvalue weighted by molar-refractivity contribution is -0.384. The number of para-hydroxylation sites is 1. The van der Waals surface area contributed by atoms with Crippen molar-refractivity contribution >= 4 is 23.4 Å². The standard InChI is InChI=1S/C12H16N4O5/c1-15(2)12(19)14-7-6-13-9-5-3-4-8(11(17)18)10(9)16(20)21/h3-5,13H,6-7H2,1-2H3,(H,14,19)(H,17,18). The Hall–Kier alpha value is -2.84. The number of carbonyl (C=O) groups excluding carboxylic acids is 1. The maximum absolute atomic E-state index is 11.3. The van der Waals surface area contributed by atoms with Crippen LogP contribution < -0.4 is 10.6 Å². The van der Waals surface area contributed by atoms with E-state index in [2.05, 4.69) is 10.6 Å². The first-order valence-corrected chi connectivity index (χ1v) is 6.04. The van der Waals surface area contributed by atoms with Crippen LogP contribution in [-0.2, 0) is 0 Å². The molecule has 0 aromatic heterocycles. The Morgan fingerprint density at radius 3 is 2.52 bits per heavy atom. The number of nitrogens with zero attached hydrogens (tertiary/aromatic N) is 2. The summed E-state index contributed by atoms with van der Waals surface area (Å²) in [6.45, 7) is 0.467. The maximum atomic E-state index is 11.3. The van der Waals surface area contributed by atoms with Gasteiger partial charge in [0, 0.05) is 27.2 Å². The van der Waals surface area contributed by atoms with Crippen LogP contribution in [0, 0.1) is 10.1 Å². The molecule has 1 aromatic rings. The average Bonchev–Trinajstić information content (AvgIpc) is 2.42. The van der Waals surface area contributed by atoms with Crippen LogP contribution >= 0.6 is 0 Å². The molecule has 0 spiro atoms.